The number of nitrogens with one attached hydrogen (secondary N) is 1. The largest absolute Gasteiger partial charge is 0.481 e. The Hall–Kier alpha value is -4.36. The second kappa shape index (κ2) is 9.87. The number of carboxylic acid groups (broad SMARTS) is 1. The lowest BCUT2D eigenvalue weighted by Crippen LogP contribution is -2.19. The van der Waals surface area contributed by atoms with E-state index in [1.54, 1.807) is 24.3 Å². The molecule has 3 aromatic carbocycles. The number of aliphatic carboxylic acids is 1. The minimum absolute atomic E-state index is 0.0346. The highest BCUT2D eigenvalue weighted by atomic mass is 32.2. The molecule has 1 aliphatic rings. The summed E-state index contributed by atoms with van der Waals surface area (Å²) < 4.78 is 2.06. The number of benzene rings is 3. The van der Waals surface area contributed by atoms with Crippen LogP contribution in [0.3, 0.4) is 0 Å². The van der Waals surface area contributed by atoms with Crippen LogP contribution in [0.2, 0.25) is 0 Å². The van der Waals surface area contributed by atoms with Crippen molar-refractivity contribution in [1.82, 2.24) is 9.88 Å². The minimum Gasteiger partial charge on any atom is -0.481 e. The van der Waals surface area contributed by atoms with Crippen LogP contribution in [0.25, 0.3) is 22.9 Å². The fraction of sp³-hybridized carbons (Fsp3) is 0.0357. The highest BCUT2D eigenvalue weighted by Crippen LogP contribution is 2.29. The number of hydrogen-bond donors (Lipinski definition) is 2. The summed E-state index contributed by atoms with van der Waals surface area (Å²) in [6.45, 7) is 0. The van der Waals surface area contributed by atoms with Gasteiger partial charge in [-0.05, 0) is 76.5 Å². The van der Waals surface area contributed by atoms with Gasteiger partial charge < -0.3 is 15.0 Å². The monoisotopic (exact) mass is 479 g/mol. The molecule has 0 bridgehead atoms. The topological polar surface area (TPSA) is 83.7 Å². The molecule has 0 saturated carbocycles. The molecule has 2 N–H and O–H groups in total. The summed E-state index contributed by atoms with van der Waals surface area (Å²) in [5.41, 5.74) is 5.61. The van der Waals surface area contributed by atoms with E-state index < -0.39 is 5.97 Å². The molecule has 2 heterocycles. The summed E-state index contributed by atoms with van der Waals surface area (Å²) in [7, 11) is 0. The van der Waals surface area contributed by atoms with Crippen LogP contribution in [0.4, 0.5) is 5.69 Å². The molecule has 7 heteroatoms. The molecule has 1 aromatic heterocycles. The van der Waals surface area contributed by atoms with Crippen LogP contribution >= 0.6 is 11.8 Å². The Morgan fingerprint density at radius 1 is 0.914 bits per heavy atom. The van der Waals surface area contributed by atoms with Gasteiger partial charge in [0.25, 0.3) is 5.91 Å². The van der Waals surface area contributed by atoms with Crippen molar-refractivity contribution in [2.75, 3.05) is 0 Å². The number of aromatic nitrogens is 1. The third-order valence-corrected chi connectivity index (χ3v) is 6.39. The van der Waals surface area contributed by atoms with Crippen LogP contribution < -0.4 is 5.32 Å². The standard InChI is InChI=1S/C28H21N3O3S/c32-26(33)18-20-5-11-23(12-6-20)29-28-30-27(34)25(35-28)17-19-3-7-21(8-4-19)22-9-13-24(14-10-22)31-15-1-2-16-31/h1-17H,18H2,(H,32,33)(H,29,30,34). The number of carbonyl (C=O) groups excluding carboxylic acids is 1. The van der Waals surface area contributed by atoms with E-state index in [0.717, 1.165) is 22.4 Å². The fourth-order valence-electron chi connectivity index (χ4n) is 3.72. The van der Waals surface area contributed by atoms with Crippen molar-refractivity contribution in [3.63, 3.8) is 0 Å². The summed E-state index contributed by atoms with van der Waals surface area (Å²) in [6.07, 6.45) is 5.84. The Morgan fingerprint density at radius 2 is 1.54 bits per heavy atom. The normalized spacial score (nSPS) is 15.5. The predicted octanol–water partition coefficient (Wildman–Crippen LogP) is 5.66. The van der Waals surface area contributed by atoms with Gasteiger partial charge >= 0.3 is 5.97 Å². The molecule has 4 aromatic rings. The summed E-state index contributed by atoms with van der Waals surface area (Å²) >= 11 is 1.28. The molecule has 0 atom stereocenters. The van der Waals surface area contributed by atoms with Gasteiger partial charge in [0.15, 0.2) is 5.17 Å². The van der Waals surface area contributed by atoms with Crippen LogP contribution in [0.1, 0.15) is 11.1 Å². The Kier molecular flexibility index (Phi) is 6.32. The van der Waals surface area contributed by atoms with Crippen LogP contribution in [-0.4, -0.2) is 26.7 Å². The maximum Gasteiger partial charge on any atom is 0.307 e. The maximum absolute atomic E-state index is 12.4. The average Bonchev–Trinajstić information content (AvgIpc) is 3.51. The van der Waals surface area contributed by atoms with Crippen molar-refractivity contribution >= 4 is 40.6 Å². The van der Waals surface area contributed by atoms with E-state index in [9.17, 15) is 9.59 Å². The summed E-state index contributed by atoms with van der Waals surface area (Å²) in [6, 6.07) is 27.4. The number of carboxylic acids is 1. The van der Waals surface area contributed by atoms with E-state index >= 15 is 0 Å². The summed E-state index contributed by atoms with van der Waals surface area (Å²) in [4.78, 5) is 28.3. The molecule has 5 rings (SSSR count). The van der Waals surface area contributed by atoms with E-state index in [4.69, 9.17) is 5.11 Å². The number of thioether (sulfide) groups is 1. The third-order valence-electron chi connectivity index (χ3n) is 5.48. The van der Waals surface area contributed by atoms with Gasteiger partial charge in [-0.15, -0.1) is 0 Å². The zero-order valence-electron chi connectivity index (χ0n) is 18.6. The summed E-state index contributed by atoms with van der Waals surface area (Å²) in [5.74, 6) is -1.07. The lowest BCUT2D eigenvalue weighted by atomic mass is 10.0. The molecule has 0 radical (unpaired) electrons. The third kappa shape index (κ3) is 5.42. The van der Waals surface area contributed by atoms with E-state index in [2.05, 4.69) is 39.1 Å². The lowest BCUT2D eigenvalue weighted by Gasteiger charge is -2.06. The van der Waals surface area contributed by atoms with Crippen LogP contribution in [0.15, 0.2) is 107 Å². The van der Waals surface area contributed by atoms with Gasteiger partial charge in [0.05, 0.1) is 17.0 Å². The number of nitrogens with zero attached hydrogens (tertiary/aromatic N) is 2. The number of aliphatic imine (C=N–C) groups is 1. The first-order valence-electron chi connectivity index (χ1n) is 11.0. The van der Waals surface area contributed by atoms with Gasteiger partial charge in [-0.2, -0.15) is 0 Å². The summed E-state index contributed by atoms with van der Waals surface area (Å²) in [5, 5.41) is 12.2. The number of amides is 1. The van der Waals surface area contributed by atoms with Crippen molar-refractivity contribution in [1.29, 1.82) is 0 Å². The van der Waals surface area contributed by atoms with Gasteiger partial charge in [-0.3, -0.25) is 9.59 Å². The van der Waals surface area contributed by atoms with Crippen molar-refractivity contribution < 1.29 is 14.7 Å². The van der Waals surface area contributed by atoms with Crippen molar-refractivity contribution in [2.45, 2.75) is 6.42 Å². The molecule has 1 aliphatic heterocycles. The van der Waals surface area contributed by atoms with Crippen LogP contribution in [0.5, 0.6) is 0 Å². The van der Waals surface area contributed by atoms with Crippen molar-refractivity contribution in [3.8, 4) is 16.8 Å². The van der Waals surface area contributed by atoms with Crippen molar-refractivity contribution in [3.05, 3.63) is 113 Å². The number of carbonyl (C=O) groups is 2. The first-order valence-corrected chi connectivity index (χ1v) is 11.8. The lowest BCUT2D eigenvalue weighted by molar-refractivity contribution is -0.136. The van der Waals surface area contributed by atoms with E-state index in [1.165, 1.54) is 11.8 Å². The minimum atomic E-state index is -0.878. The molecular formula is C28H21N3O3S. The molecular weight excluding hydrogens is 458 g/mol. The highest BCUT2D eigenvalue weighted by molar-refractivity contribution is 8.18. The van der Waals surface area contributed by atoms with Gasteiger partial charge in [-0.25, -0.2) is 4.99 Å². The zero-order valence-corrected chi connectivity index (χ0v) is 19.4. The zero-order chi connectivity index (χ0) is 24.2. The van der Waals surface area contributed by atoms with Gasteiger partial charge in [-0.1, -0.05) is 48.5 Å². The Bertz CT molecular complexity index is 1420. The number of rotatable bonds is 6. The molecule has 0 aliphatic carbocycles. The highest BCUT2D eigenvalue weighted by Gasteiger charge is 2.23. The Balaban J connectivity index is 1.27. The molecule has 6 nitrogen and oxygen atoms in total. The van der Waals surface area contributed by atoms with Gasteiger partial charge in [0.2, 0.25) is 0 Å². The predicted molar refractivity (Wildman–Crippen MR) is 140 cm³/mol. The number of hydrogen-bond acceptors (Lipinski definition) is 4. The average molecular weight is 480 g/mol. The van der Waals surface area contributed by atoms with Crippen LogP contribution in [0, 0.1) is 0 Å². The first-order chi connectivity index (χ1) is 17.0. The SMILES string of the molecule is O=C(O)Cc1ccc(N=C2NC(=O)C(=Cc3ccc(-c4ccc(-n5cccc5)cc4)cc3)S2)cc1. The second-order valence-electron chi connectivity index (χ2n) is 7.98. The van der Waals surface area contributed by atoms with E-state index in [1.807, 2.05) is 54.9 Å². The van der Waals surface area contributed by atoms with Crippen LogP contribution in [-0.2, 0) is 16.0 Å². The van der Waals surface area contributed by atoms with E-state index in [0.29, 0.717) is 21.3 Å². The first kappa shape index (κ1) is 22.4. The van der Waals surface area contributed by atoms with Gasteiger partial charge in [0.1, 0.15) is 0 Å². The second-order valence-corrected chi connectivity index (χ2v) is 9.01. The van der Waals surface area contributed by atoms with Gasteiger partial charge in [0, 0.05) is 18.1 Å². The Labute approximate surface area is 206 Å². The molecule has 1 amide bonds. The molecule has 1 fully saturated rings. The molecule has 1 saturated heterocycles. The maximum atomic E-state index is 12.4. The molecule has 35 heavy (non-hydrogen) atoms. The fourth-order valence-corrected chi connectivity index (χ4v) is 4.56. The molecule has 172 valence electrons. The van der Waals surface area contributed by atoms with E-state index in [-0.39, 0.29) is 12.3 Å². The molecule has 0 unspecified atom stereocenters. The van der Waals surface area contributed by atoms with Crippen molar-refractivity contribution in [2.24, 2.45) is 4.99 Å². The molecule has 0 spiro atoms. The number of amidine groups is 1. The quantitative estimate of drug-likeness (QED) is 0.350. The Morgan fingerprint density at radius 3 is 2.17 bits per heavy atom. The smallest absolute Gasteiger partial charge is 0.307 e.